The van der Waals surface area contributed by atoms with Gasteiger partial charge in [-0.15, -0.1) is 11.3 Å². The summed E-state index contributed by atoms with van der Waals surface area (Å²) >= 11 is 1.70. The van der Waals surface area contributed by atoms with E-state index in [0.29, 0.717) is 0 Å². The molecule has 2 rings (SSSR count). The second-order valence-electron chi connectivity index (χ2n) is 4.21. The highest BCUT2D eigenvalue weighted by atomic mass is 32.1. The normalized spacial score (nSPS) is 11.0. The molecular weight excluding hydrogens is 230 g/mol. The van der Waals surface area contributed by atoms with Gasteiger partial charge in [-0.2, -0.15) is 0 Å². The average Bonchev–Trinajstić information content (AvgIpc) is 2.89. The average molecular weight is 249 g/mol. The number of aryl methyl sites for hydroxylation is 1. The van der Waals surface area contributed by atoms with Crippen molar-refractivity contribution < 1.29 is 0 Å². The number of nitrogens with zero attached hydrogens (tertiary/aromatic N) is 2. The van der Waals surface area contributed by atoms with Gasteiger partial charge < -0.3 is 9.88 Å². The van der Waals surface area contributed by atoms with E-state index in [1.165, 1.54) is 21.8 Å². The Morgan fingerprint density at radius 1 is 1.35 bits per heavy atom. The second kappa shape index (κ2) is 5.47. The molecule has 4 heteroatoms. The number of rotatable bonds is 5. The molecule has 0 saturated carbocycles. The molecule has 92 valence electrons. The smallest absolute Gasteiger partial charge is 0.0794 e. The molecule has 0 unspecified atom stereocenters. The summed E-state index contributed by atoms with van der Waals surface area (Å²) in [6.45, 7) is 9.43. The molecule has 2 aromatic heterocycles. The maximum atomic E-state index is 4.07. The molecule has 0 aromatic carbocycles. The van der Waals surface area contributed by atoms with Crippen LogP contribution in [0.4, 0.5) is 0 Å². The monoisotopic (exact) mass is 249 g/mol. The first kappa shape index (κ1) is 12.3. The van der Waals surface area contributed by atoms with E-state index >= 15 is 0 Å². The molecule has 1 N–H and O–H groups in total. The highest BCUT2D eigenvalue weighted by Gasteiger charge is 2.07. The highest BCUT2D eigenvalue weighted by molar-refractivity contribution is 7.09. The van der Waals surface area contributed by atoms with Crippen molar-refractivity contribution in [3.63, 3.8) is 0 Å². The van der Waals surface area contributed by atoms with Crippen molar-refractivity contribution >= 4 is 11.3 Å². The standard InChI is InChI=1S/C13H19N3S/c1-4-16-10(2)5-12(11(16)3)6-14-7-13-8-15-9-17-13/h5,8-9,14H,4,6-7H2,1-3H3. The fourth-order valence-corrected chi connectivity index (χ4v) is 2.75. The van der Waals surface area contributed by atoms with Crippen molar-refractivity contribution in [1.82, 2.24) is 14.9 Å². The Hall–Kier alpha value is -1.13. The lowest BCUT2D eigenvalue weighted by Crippen LogP contribution is -2.12. The molecule has 0 saturated heterocycles. The molecule has 2 aromatic rings. The first-order chi connectivity index (χ1) is 8.22. The van der Waals surface area contributed by atoms with Crippen molar-refractivity contribution in [2.75, 3.05) is 0 Å². The lowest BCUT2D eigenvalue weighted by atomic mass is 10.2. The van der Waals surface area contributed by atoms with Gasteiger partial charge >= 0.3 is 0 Å². The zero-order chi connectivity index (χ0) is 12.3. The van der Waals surface area contributed by atoms with Crippen molar-refractivity contribution in [2.45, 2.75) is 40.4 Å². The van der Waals surface area contributed by atoms with E-state index in [4.69, 9.17) is 0 Å². The Balaban J connectivity index is 1.95. The summed E-state index contributed by atoms with van der Waals surface area (Å²) in [5.41, 5.74) is 6.00. The van der Waals surface area contributed by atoms with Crippen LogP contribution in [-0.2, 0) is 19.6 Å². The summed E-state index contributed by atoms with van der Waals surface area (Å²) in [6, 6.07) is 2.28. The van der Waals surface area contributed by atoms with Gasteiger partial charge in [-0.25, -0.2) is 0 Å². The summed E-state index contributed by atoms with van der Waals surface area (Å²) in [7, 11) is 0. The quantitative estimate of drug-likeness (QED) is 0.883. The molecule has 2 heterocycles. The second-order valence-corrected chi connectivity index (χ2v) is 5.18. The molecule has 17 heavy (non-hydrogen) atoms. The van der Waals surface area contributed by atoms with Gasteiger partial charge in [-0.05, 0) is 32.4 Å². The first-order valence-corrected chi connectivity index (χ1v) is 6.84. The third-order valence-corrected chi connectivity index (χ3v) is 3.87. The molecule has 0 bridgehead atoms. The van der Waals surface area contributed by atoms with E-state index in [9.17, 15) is 0 Å². The van der Waals surface area contributed by atoms with E-state index in [0.717, 1.165) is 19.6 Å². The predicted molar refractivity (Wildman–Crippen MR) is 72.2 cm³/mol. The predicted octanol–water partition coefficient (Wildman–Crippen LogP) is 2.87. The van der Waals surface area contributed by atoms with Crippen LogP contribution in [0.1, 0.15) is 28.8 Å². The van der Waals surface area contributed by atoms with Gasteiger partial charge in [0.25, 0.3) is 0 Å². The Bertz CT molecular complexity index is 471. The van der Waals surface area contributed by atoms with E-state index in [-0.39, 0.29) is 0 Å². The minimum absolute atomic E-state index is 0.903. The summed E-state index contributed by atoms with van der Waals surface area (Å²) in [4.78, 5) is 5.36. The van der Waals surface area contributed by atoms with Gasteiger partial charge in [0.2, 0.25) is 0 Å². The molecule has 0 fully saturated rings. The van der Waals surface area contributed by atoms with Gasteiger partial charge in [0, 0.05) is 42.1 Å². The SMILES string of the molecule is CCn1c(C)cc(CNCc2cncs2)c1C. The molecule has 0 radical (unpaired) electrons. The van der Waals surface area contributed by atoms with E-state index in [1.807, 2.05) is 11.7 Å². The molecule has 0 aliphatic heterocycles. The van der Waals surface area contributed by atoms with Crippen molar-refractivity contribution in [3.05, 3.63) is 39.6 Å². The topological polar surface area (TPSA) is 29.9 Å². The highest BCUT2D eigenvalue weighted by Crippen LogP contribution is 2.15. The minimum atomic E-state index is 0.903. The first-order valence-electron chi connectivity index (χ1n) is 5.96. The Morgan fingerprint density at radius 3 is 2.76 bits per heavy atom. The zero-order valence-corrected chi connectivity index (χ0v) is 11.5. The van der Waals surface area contributed by atoms with Crippen LogP contribution in [0, 0.1) is 13.8 Å². The maximum Gasteiger partial charge on any atom is 0.0794 e. The third kappa shape index (κ3) is 2.76. The molecule has 0 aliphatic carbocycles. The van der Waals surface area contributed by atoms with Gasteiger partial charge in [-0.3, -0.25) is 4.98 Å². The number of hydrogen-bond donors (Lipinski definition) is 1. The third-order valence-electron chi connectivity index (χ3n) is 3.09. The molecule has 0 amide bonds. The fraction of sp³-hybridized carbons (Fsp3) is 0.462. The van der Waals surface area contributed by atoms with Crippen molar-refractivity contribution in [3.8, 4) is 0 Å². The van der Waals surface area contributed by atoms with E-state index in [1.54, 1.807) is 11.3 Å². The van der Waals surface area contributed by atoms with Crippen LogP contribution in [-0.4, -0.2) is 9.55 Å². The molecule has 0 atom stereocenters. The van der Waals surface area contributed by atoms with Crippen LogP contribution in [0.15, 0.2) is 17.8 Å². The van der Waals surface area contributed by atoms with Crippen LogP contribution in [0.3, 0.4) is 0 Å². The summed E-state index contributed by atoms with van der Waals surface area (Å²) < 4.78 is 2.35. The Kier molecular flexibility index (Phi) is 3.97. The van der Waals surface area contributed by atoms with Crippen LogP contribution in [0.2, 0.25) is 0 Å². The van der Waals surface area contributed by atoms with Crippen LogP contribution >= 0.6 is 11.3 Å². The lowest BCUT2D eigenvalue weighted by Gasteiger charge is -2.06. The molecule has 0 aliphatic rings. The van der Waals surface area contributed by atoms with Gasteiger partial charge in [0.1, 0.15) is 0 Å². The lowest BCUT2D eigenvalue weighted by molar-refractivity contribution is 0.680. The fourth-order valence-electron chi connectivity index (χ4n) is 2.19. The van der Waals surface area contributed by atoms with Crippen LogP contribution in [0.25, 0.3) is 0 Å². The summed E-state index contributed by atoms with van der Waals surface area (Å²) in [5.74, 6) is 0. The molecule has 0 spiro atoms. The minimum Gasteiger partial charge on any atom is -0.349 e. The molecular formula is C13H19N3S. The van der Waals surface area contributed by atoms with E-state index < -0.39 is 0 Å². The number of nitrogens with one attached hydrogen (secondary N) is 1. The van der Waals surface area contributed by atoms with Crippen LogP contribution in [0.5, 0.6) is 0 Å². The van der Waals surface area contributed by atoms with Crippen molar-refractivity contribution in [2.24, 2.45) is 0 Å². The van der Waals surface area contributed by atoms with E-state index in [2.05, 4.69) is 41.7 Å². The Labute approximate surface area is 107 Å². The van der Waals surface area contributed by atoms with Gasteiger partial charge in [-0.1, -0.05) is 0 Å². The Morgan fingerprint density at radius 2 is 2.18 bits per heavy atom. The number of hydrogen-bond acceptors (Lipinski definition) is 3. The summed E-state index contributed by atoms with van der Waals surface area (Å²) in [5, 5.41) is 3.47. The number of thiazole rings is 1. The molecule has 3 nitrogen and oxygen atoms in total. The van der Waals surface area contributed by atoms with Crippen LogP contribution < -0.4 is 5.32 Å². The van der Waals surface area contributed by atoms with Gasteiger partial charge in [0.15, 0.2) is 0 Å². The zero-order valence-electron chi connectivity index (χ0n) is 10.7. The maximum absolute atomic E-state index is 4.07. The largest absolute Gasteiger partial charge is 0.349 e. The van der Waals surface area contributed by atoms with Crippen molar-refractivity contribution in [1.29, 1.82) is 0 Å². The number of aromatic nitrogens is 2. The summed E-state index contributed by atoms with van der Waals surface area (Å²) in [6.07, 6.45) is 1.92. The van der Waals surface area contributed by atoms with Gasteiger partial charge in [0.05, 0.1) is 5.51 Å².